The van der Waals surface area contributed by atoms with Crippen LogP contribution in [0.15, 0.2) is 42.6 Å². The van der Waals surface area contributed by atoms with Crippen LogP contribution >= 0.6 is 0 Å². The molecule has 4 N–H and O–H groups in total. The number of nitrogen functional groups attached to an aromatic ring is 1. The van der Waals surface area contributed by atoms with E-state index in [2.05, 4.69) is 10.3 Å². The number of hydrogen-bond donors (Lipinski definition) is 3. The fourth-order valence-electron chi connectivity index (χ4n) is 2.67. The Hall–Kier alpha value is -2.27. The van der Waals surface area contributed by atoms with Crippen LogP contribution in [0.4, 0.5) is 5.69 Å². The van der Waals surface area contributed by atoms with E-state index in [-0.39, 0.29) is 17.9 Å². The molecule has 1 heterocycles. The van der Waals surface area contributed by atoms with Crippen molar-refractivity contribution in [3.63, 3.8) is 0 Å². The zero-order valence-corrected chi connectivity index (χ0v) is 13.7. The molecule has 0 saturated heterocycles. The first-order valence-corrected chi connectivity index (χ1v) is 7.90. The highest BCUT2D eigenvalue weighted by atomic mass is 16.5. The Kier molecular flexibility index (Phi) is 6.23. The lowest BCUT2D eigenvalue weighted by molar-refractivity contribution is -0.129. The summed E-state index contributed by atoms with van der Waals surface area (Å²) >= 11 is 0. The summed E-state index contributed by atoms with van der Waals surface area (Å²) in [4.78, 5) is 15.4. The Balaban J connectivity index is 1.79. The van der Waals surface area contributed by atoms with Crippen molar-refractivity contribution in [1.82, 2.24) is 10.3 Å². The average molecular weight is 315 g/mol. The molecule has 0 aliphatic heterocycles. The molecule has 0 radical (unpaired) electrons. The number of ether oxygens (including phenoxy) is 1. The molecule has 0 aliphatic carbocycles. The number of aromatic nitrogens is 1. The Bertz CT molecular complexity index is 610. The van der Waals surface area contributed by atoms with Gasteiger partial charge in [-0.15, -0.1) is 0 Å². The fraction of sp³-hybridized carbons (Fsp3) is 0.389. The van der Waals surface area contributed by atoms with Crippen LogP contribution in [0.1, 0.15) is 30.7 Å². The molecule has 1 aromatic carbocycles. The number of rotatable bonds is 8. The molecule has 0 aliphatic rings. The van der Waals surface area contributed by atoms with Gasteiger partial charge < -0.3 is 20.8 Å². The molecule has 0 bridgehead atoms. The number of aryl methyl sites for hydroxylation is 1. The lowest BCUT2D eigenvalue weighted by atomic mass is 10.0. The number of aromatic amines is 1. The summed E-state index contributed by atoms with van der Waals surface area (Å²) in [5.74, 6) is -0.270. The average Bonchev–Trinajstić information content (AvgIpc) is 3.07. The quantitative estimate of drug-likeness (QED) is 0.517. The van der Waals surface area contributed by atoms with E-state index in [0.717, 1.165) is 29.8 Å². The zero-order chi connectivity index (χ0) is 16.7. The molecule has 0 fully saturated rings. The van der Waals surface area contributed by atoms with Crippen LogP contribution in [0.5, 0.6) is 0 Å². The van der Waals surface area contributed by atoms with E-state index in [1.54, 1.807) is 7.11 Å². The van der Waals surface area contributed by atoms with E-state index in [4.69, 9.17) is 10.5 Å². The largest absolute Gasteiger partial charge is 0.399 e. The number of para-hydroxylation sites is 1. The van der Waals surface area contributed by atoms with Crippen molar-refractivity contribution < 1.29 is 9.53 Å². The Morgan fingerprint density at radius 2 is 2.09 bits per heavy atom. The smallest absolute Gasteiger partial charge is 0.225 e. The standard InChI is InChI=1S/C18H25N3O2/c1-13(17(23-2)16-10-6-11-20-16)18(22)21-12-5-8-14-7-3-4-9-15(14)19/h3-4,6-7,9-11,13,17,20H,5,8,12,19H2,1-2H3,(H,21,22)/t13-,17-/m1/s1. The second-order valence-electron chi connectivity index (χ2n) is 5.66. The highest BCUT2D eigenvalue weighted by Gasteiger charge is 2.25. The van der Waals surface area contributed by atoms with Crippen LogP contribution in [0.25, 0.3) is 0 Å². The van der Waals surface area contributed by atoms with Gasteiger partial charge in [-0.25, -0.2) is 0 Å². The Morgan fingerprint density at radius 1 is 1.30 bits per heavy atom. The summed E-state index contributed by atoms with van der Waals surface area (Å²) in [7, 11) is 1.62. The maximum atomic E-state index is 12.3. The number of anilines is 1. The minimum Gasteiger partial charge on any atom is -0.399 e. The van der Waals surface area contributed by atoms with Gasteiger partial charge in [-0.1, -0.05) is 25.1 Å². The predicted octanol–water partition coefficient (Wildman–Crippen LogP) is 2.67. The van der Waals surface area contributed by atoms with Gasteiger partial charge >= 0.3 is 0 Å². The number of benzene rings is 1. The highest BCUT2D eigenvalue weighted by molar-refractivity contribution is 5.79. The van der Waals surface area contributed by atoms with Gasteiger partial charge in [0, 0.05) is 31.2 Å². The number of methoxy groups -OCH3 is 1. The SMILES string of the molecule is CO[C@@H](c1ccc[nH]1)[C@@H](C)C(=O)NCCCc1ccccc1N. The van der Waals surface area contributed by atoms with Gasteiger partial charge in [0.2, 0.25) is 5.91 Å². The van der Waals surface area contributed by atoms with E-state index in [0.29, 0.717) is 6.54 Å². The molecular formula is C18H25N3O2. The molecule has 5 heteroatoms. The molecular weight excluding hydrogens is 290 g/mol. The van der Waals surface area contributed by atoms with Crippen molar-refractivity contribution in [2.45, 2.75) is 25.9 Å². The van der Waals surface area contributed by atoms with Crippen LogP contribution in [0.3, 0.4) is 0 Å². The van der Waals surface area contributed by atoms with Crippen molar-refractivity contribution in [2.24, 2.45) is 5.92 Å². The molecule has 2 rings (SSSR count). The molecule has 124 valence electrons. The maximum Gasteiger partial charge on any atom is 0.225 e. The van der Waals surface area contributed by atoms with E-state index >= 15 is 0 Å². The van der Waals surface area contributed by atoms with Gasteiger partial charge in [0.05, 0.1) is 5.92 Å². The van der Waals surface area contributed by atoms with E-state index in [1.165, 1.54) is 0 Å². The third-order valence-electron chi connectivity index (χ3n) is 4.03. The maximum absolute atomic E-state index is 12.3. The summed E-state index contributed by atoms with van der Waals surface area (Å²) in [6.07, 6.45) is 3.27. The molecule has 0 saturated carbocycles. The molecule has 23 heavy (non-hydrogen) atoms. The number of nitrogens with one attached hydrogen (secondary N) is 2. The second kappa shape index (κ2) is 8.39. The van der Waals surface area contributed by atoms with Crippen LogP contribution in [-0.2, 0) is 16.0 Å². The van der Waals surface area contributed by atoms with Crippen LogP contribution in [0.2, 0.25) is 0 Å². The summed E-state index contributed by atoms with van der Waals surface area (Å²) in [5, 5.41) is 2.98. The van der Waals surface area contributed by atoms with Crippen molar-refractivity contribution in [3.8, 4) is 0 Å². The van der Waals surface area contributed by atoms with Gasteiger partial charge in [-0.2, -0.15) is 0 Å². The molecule has 1 amide bonds. The summed E-state index contributed by atoms with van der Waals surface area (Å²) in [5.41, 5.74) is 8.75. The third kappa shape index (κ3) is 4.60. The lowest BCUT2D eigenvalue weighted by Crippen LogP contribution is -2.34. The molecule has 1 aromatic heterocycles. The molecule has 5 nitrogen and oxygen atoms in total. The van der Waals surface area contributed by atoms with Gasteiger partial charge in [0.25, 0.3) is 0 Å². The molecule has 2 aromatic rings. The topological polar surface area (TPSA) is 80.1 Å². The van der Waals surface area contributed by atoms with E-state index in [9.17, 15) is 4.79 Å². The predicted molar refractivity (Wildman–Crippen MR) is 91.9 cm³/mol. The fourth-order valence-corrected chi connectivity index (χ4v) is 2.67. The molecule has 0 unspecified atom stereocenters. The Morgan fingerprint density at radius 3 is 2.74 bits per heavy atom. The summed E-state index contributed by atoms with van der Waals surface area (Å²) in [6, 6.07) is 11.6. The highest BCUT2D eigenvalue weighted by Crippen LogP contribution is 2.24. The van der Waals surface area contributed by atoms with Crippen LogP contribution in [0, 0.1) is 5.92 Å². The van der Waals surface area contributed by atoms with Crippen LogP contribution in [-0.4, -0.2) is 24.5 Å². The van der Waals surface area contributed by atoms with E-state index in [1.807, 2.05) is 49.5 Å². The van der Waals surface area contributed by atoms with Crippen molar-refractivity contribution in [2.75, 3.05) is 19.4 Å². The van der Waals surface area contributed by atoms with Crippen molar-refractivity contribution >= 4 is 11.6 Å². The number of nitrogens with two attached hydrogens (primary N) is 1. The molecule has 2 atom stereocenters. The van der Waals surface area contributed by atoms with Gasteiger partial charge in [0.1, 0.15) is 6.10 Å². The number of carbonyl (C=O) groups excluding carboxylic acids is 1. The van der Waals surface area contributed by atoms with Crippen LogP contribution < -0.4 is 11.1 Å². The van der Waals surface area contributed by atoms with Crippen molar-refractivity contribution in [1.29, 1.82) is 0 Å². The third-order valence-corrected chi connectivity index (χ3v) is 4.03. The zero-order valence-electron chi connectivity index (χ0n) is 13.7. The lowest BCUT2D eigenvalue weighted by Gasteiger charge is -2.21. The first-order chi connectivity index (χ1) is 11.1. The van der Waals surface area contributed by atoms with Gasteiger partial charge in [-0.05, 0) is 36.6 Å². The van der Waals surface area contributed by atoms with E-state index < -0.39 is 0 Å². The summed E-state index contributed by atoms with van der Waals surface area (Å²) in [6.45, 7) is 2.50. The number of H-pyrrole nitrogens is 1. The first kappa shape index (κ1) is 17.1. The normalized spacial score (nSPS) is 13.5. The van der Waals surface area contributed by atoms with Crippen molar-refractivity contribution in [3.05, 3.63) is 53.9 Å². The molecule has 0 spiro atoms. The minimum atomic E-state index is -0.269. The van der Waals surface area contributed by atoms with Gasteiger partial charge in [0.15, 0.2) is 0 Å². The Labute approximate surface area is 137 Å². The second-order valence-corrected chi connectivity index (χ2v) is 5.66. The monoisotopic (exact) mass is 315 g/mol. The minimum absolute atomic E-state index is 0.00696. The number of carbonyl (C=O) groups is 1. The first-order valence-electron chi connectivity index (χ1n) is 7.90. The number of hydrogen-bond acceptors (Lipinski definition) is 3. The van der Waals surface area contributed by atoms with Gasteiger partial charge in [-0.3, -0.25) is 4.79 Å². The summed E-state index contributed by atoms with van der Waals surface area (Å²) < 4.78 is 5.46. The number of amides is 1.